The molecular weight excluding hydrogens is 192 g/mol. The molecule has 1 unspecified atom stereocenters. The number of carbonyl (C=O) groups is 1. The van der Waals surface area contributed by atoms with E-state index in [0.717, 1.165) is 0 Å². The fourth-order valence-electron chi connectivity index (χ4n) is 1.19. The number of Topliss-reactive ketones (excluding diaryl/α,β-unsaturated/α-hetero) is 1. The summed E-state index contributed by atoms with van der Waals surface area (Å²) in [5, 5.41) is 0. The summed E-state index contributed by atoms with van der Waals surface area (Å²) >= 11 is 0. The molecule has 0 bridgehead atoms. The van der Waals surface area contributed by atoms with Crippen molar-refractivity contribution in [3.63, 3.8) is 0 Å². The van der Waals surface area contributed by atoms with Crippen molar-refractivity contribution in [1.82, 2.24) is 4.98 Å². The van der Waals surface area contributed by atoms with Crippen LogP contribution in [0.5, 0.6) is 5.75 Å². The van der Waals surface area contributed by atoms with Crippen molar-refractivity contribution >= 4 is 5.78 Å². The number of ketones is 1. The first kappa shape index (κ1) is 11.7. The van der Waals surface area contributed by atoms with E-state index < -0.39 is 0 Å². The third-order valence-corrected chi connectivity index (χ3v) is 2.10. The van der Waals surface area contributed by atoms with Gasteiger partial charge < -0.3 is 10.5 Å². The van der Waals surface area contributed by atoms with Crippen molar-refractivity contribution in [3.8, 4) is 5.75 Å². The van der Waals surface area contributed by atoms with Crippen LogP contribution in [-0.2, 0) is 0 Å². The van der Waals surface area contributed by atoms with Crippen LogP contribution in [0.25, 0.3) is 0 Å². The van der Waals surface area contributed by atoms with Crippen LogP contribution in [0.3, 0.4) is 0 Å². The van der Waals surface area contributed by atoms with Gasteiger partial charge in [-0.3, -0.25) is 9.78 Å². The summed E-state index contributed by atoms with van der Waals surface area (Å²) in [5.74, 6) is 0.653. The zero-order valence-corrected chi connectivity index (χ0v) is 9.06. The van der Waals surface area contributed by atoms with Crippen LogP contribution in [-0.4, -0.2) is 23.9 Å². The molecule has 0 aliphatic carbocycles. The van der Waals surface area contributed by atoms with Crippen molar-refractivity contribution in [3.05, 3.63) is 24.0 Å². The fourth-order valence-corrected chi connectivity index (χ4v) is 1.19. The van der Waals surface area contributed by atoms with Gasteiger partial charge in [0.25, 0.3) is 0 Å². The van der Waals surface area contributed by atoms with E-state index >= 15 is 0 Å². The van der Waals surface area contributed by atoms with E-state index in [4.69, 9.17) is 10.5 Å². The van der Waals surface area contributed by atoms with Gasteiger partial charge in [-0.1, -0.05) is 0 Å². The SMILES string of the molecule is COc1cncc(C(=O)CCC(C)N)c1. The second kappa shape index (κ2) is 5.46. The Kier molecular flexibility index (Phi) is 4.24. The maximum atomic E-state index is 11.7. The smallest absolute Gasteiger partial charge is 0.164 e. The molecule has 15 heavy (non-hydrogen) atoms. The maximum Gasteiger partial charge on any atom is 0.164 e. The molecule has 0 aliphatic heterocycles. The molecule has 0 aromatic carbocycles. The Bertz CT molecular complexity index is 337. The van der Waals surface area contributed by atoms with Gasteiger partial charge in [-0.2, -0.15) is 0 Å². The molecule has 0 amide bonds. The van der Waals surface area contributed by atoms with Gasteiger partial charge in [0, 0.05) is 24.2 Å². The Morgan fingerprint density at radius 2 is 2.33 bits per heavy atom. The lowest BCUT2D eigenvalue weighted by Gasteiger charge is -2.05. The summed E-state index contributed by atoms with van der Waals surface area (Å²) < 4.78 is 4.99. The van der Waals surface area contributed by atoms with Gasteiger partial charge in [-0.25, -0.2) is 0 Å². The van der Waals surface area contributed by atoms with Crippen LogP contribution in [0, 0.1) is 0 Å². The highest BCUT2D eigenvalue weighted by Crippen LogP contribution is 2.12. The van der Waals surface area contributed by atoms with E-state index in [1.54, 1.807) is 25.6 Å². The van der Waals surface area contributed by atoms with Gasteiger partial charge in [0.2, 0.25) is 0 Å². The molecule has 0 spiro atoms. The summed E-state index contributed by atoms with van der Waals surface area (Å²) in [6, 6.07) is 1.74. The average molecular weight is 208 g/mol. The Morgan fingerprint density at radius 3 is 2.93 bits per heavy atom. The van der Waals surface area contributed by atoms with Gasteiger partial charge in [0.05, 0.1) is 13.3 Å². The van der Waals surface area contributed by atoms with Gasteiger partial charge in [0.1, 0.15) is 5.75 Å². The number of hydrogen-bond donors (Lipinski definition) is 1. The minimum absolute atomic E-state index is 0.0486. The lowest BCUT2D eigenvalue weighted by atomic mass is 10.1. The van der Waals surface area contributed by atoms with Crippen molar-refractivity contribution in [2.75, 3.05) is 7.11 Å². The summed E-state index contributed by atoms with van der Waals surface area (Å²) in [5.41, 5.74) is 6.16. The molecular formula is C11H16N2O2. The van der Waals surface area contributed by atoms with Crippen LogP contribution in [0.4, 0.5) is 0 Å². The number of carbonyl (C=O) groups excluding carboxylic acids is 1. The van der Waals surface area contributed by atoms with Crippen molar-refractivity contribution in [2.45, 2.75) is 25.8 Å². The molecule has 2 N–H and O–H groups in total. The third-order valence-electron chi connectivity index (χ3n) is 2.10. The summed E-state index contributed by atoms with van der Waals surface area (Å²) in [7, 11) is 1.55. The molecule has 0 fully saturated rings. The second-order valence-electron chi connectivity index (χ2n) is 3.55. The normalized spacial score (nSPS) is 12.2. The van der Waals surface area contributed by atoms with Crippen LogP contribution < -0.4 is 10.5 Å². The van der Waals surface area contributed by atoms with Gasteiger partial charge >= 0.3 is 0 Å². The molecule has 1 aromatic rings. The number of rotatable bonds is 5. The molecule has 4 nitrogen and oxygen atoms in total. The molecule has 0 saturated heterocycles. The molecule has 82 valence electrons. The first-order valence-electron chi connectivity index (χ1n) is 4.91. The van der Waals surface area contributed by atoms with E-state index in [9.17, 15) is 4.79 Å². The third kappa shape index (κ3) is 3.67. The highest BCUT2D eigenvalue weighted by Gasteiger charge is 2.08. The highest BCUT2D eigenvalue weighted by atomic mass is 16.5. The van der Waals surface area contributed by atoms with Crippen LogP contribution in [0.2, 0.25) is 0 Å². The van der Waals surface area contributed by atoms with Crippen molar-refractivity contribution < 1.29 is 9.53 Å². The van der Waals surface area contributed by atoms with Crippen molar-refractivity contribution in [2.24, 2.45) is 5.73 Å². The molecule has 1 rings (SSSR count). The standard InChI is InChI=1S/C11H16N2O2/c1-8(12)3-4-11(14)9-5-10(15-2)7-13-6-9/h5-8H,3-4,12H2,1-2H3. The number of methoxy groups -OCH3 is 1. The second-order valence-corrected chi connectivity index (χ2v) is 3.55. The summed E-state index contributed by atoms with van der Waals surface area (Å²) in [6.07, 6.45) is 4.26. The monoisotopic (exact) mass is 208 g/mol. The van der Waals surface area contributed by atoms with Crippen LogP contribution >= 0.6 is 0 Å². The summed E-state index contributed by atoms with van der Waals surface area (Å²) in [6.45, 7) is 1.89. The van der Waals surface area contributed by atoms with Crippen LogP contribution in [0.15, 0.2) is 18.5 Å². The maximum absolute atomic E-state index is 11.7. The minimum Gasteiger partial charge on any atom is -0.495 e. The quantitative estimate of drug-likeness (QED) is 0.743. The zero-order chi connectivity index (χ0) is 11.3. The highest BCUT2D eigenvalue weighted by molar-refractivity contribution is 5.96. The molecule has 0 radical (unpaired) electrons. The van der Waals surface area contributed by atoms with Crippen LogP contribution in [0.1, 0.15) is 30.1 Å². The van der Waals surface area contributed by atoms with Crippen molar-refractivity contribution in [1.29, 1.82) is 0 Å². The molecule has 1 heterocycles. The van der Waals surface area contributed by atoms with E-state index in [2.05, 4.69) is 4.98 Å². The lowest BCUT2D eigenvalue weighted by Crippen LogP contribution is -2.16. The minimum atomic E-state index is 0.0486. The first-order chi connectivity index (χ1) is 7.13. The number of hydrogen-bond acceptors (Lipinski definition) is 4. The van der Waals surface area contributed by atoms with E-state index in [1.165, 1.54) is 0 Å². The van der Waals surface area contributed by atoms with E-state index in [-0.39, 0.29) is 11.8 Å². The molecule has 4 heteroatoms. The van der Waals surface area contributed by atoms with E-state index in [0.29, 0.717) is 24.2 Å². The Morgan fingerprint density at radius 1 is 1.60 bits per heavy atom. The number of nitrogens with two attached hydrogens (primary N) is 1. The fraction of sp³-hybridized carbons (Fsp3) is 0.455. The molecule has 1 atom stereocenters. The number of aromatic nitrogens is 1. The lowest BCUT2D eigenvalue weighted by molar-refractivity contribution is 0.0977. The van der Waals surface area contributed by atoms with Gasteiger partial charge in [-0.15, -0.1) is 0 Å². The summed E-state index contributed by atoms with van der Waals surface area (Å²) in [4.78, 5) is 15.6. The topological polar surface area (TPSA) is 65.2 Å². The predicted molar refractivity (Wildman–Crippen MR) is 58.0 cm³/mol. The Hall–Kier alpha value is -1.42. The number of nitrogens with zero attached hydrogens (tertiary/aromatic N) is 1. The molecule has 0 aliphatic rings. The number of pyridine rings is 1. The Balaban J connectivity index is 2.65. The zero-order valence-electron chi connectivity index (χ0n) is 9.06. The number of ether oxygens (including phenoxy) is 1. The molecule has 1 aromatic heterocycles. The average Bonchev–Trinajstić information content (AvgIpc) is 2.26. The van der Waals surface area contributed by atoms with E-state index in [1.807, 2.05) is 6.92 Å². The Labute approximate surface area is 89.5 Å². The largest absolute Gasteiger partial charge is 0.495 e. The van der Waals surface area contributed by atoms with Gasteiger partial charge in [-0.05, 0) is 19.4 Å². The van der Waals surface area contributed by atoms with Gasteiger partial charge in [0.15, 0.2) is 5.78 Å². The first-order valence-corrected chi connectivity index (χ1v) is 4.91. The predicted octanol–water partition coefficient (Wildman–Crippen LogP) is 1.40. The molecule has 0 saturated carbocycles.